The Balaban J connectivity index is 1.16. The number of amides is 4. The van der Waals surface area contributed by atoms with E-state index in [1.165, 1.54) is 36.1 Å². The van der Waals surface area contributed by atoms with Crippen LogP contribution in [0.4, 0.5) is 14.9 Å². The molecule has 1 fully saturated rings. The van der Waals surface area contributed by atoms with E-state index in [1.54, 1.807) is 42.5 Å². The van der Waals surface area contributed by atoms with Crippen molar-refractivity contribution >= 4 is 39.5 Å². The molecule has 0 bridgehead atoms. The van der Waals surface area contributed by atoms with Crippen LogP contribution in [0.25, 0.3) is 11.1 Å². The van der Waals surface area contributed by atoms with Gasteiger partial charge in [0.15, 0.2) is 0 Å². The Kier molecular flexibility index (Phi) is 8.05. The van der Waals surface area contributed by atoms with E-state index in [9.17, 15) is 27.6 Å². The molecule has 3 aromatic rings. The Bertz CT molecular complexity index is 1640. The summed E-state index contributed by atoms with van der Waals surface area (Å²) in [6, 6.07) is 17.3. The molecular weight excluding hydrogens is 567 g/mol. The molecule has 4 amide bonds. The number of imide groups is 1. The van der Waals surface area contributed by atoms with E-state index < -0.39 is 45.6 Å². The van der Waals surface area contributed by atoms with Crippen molar-refractivity contribution in [3.63, 3.8) is 0 Å². The van der Waals surface area contributed by atoms with Crippen LogP contribution in [0.2, 0.25) is 0 Å². The highest BCUT2D eigenvalue weighted by Crippen LogP contribution is 2.29. The van der Waals surface area contributed by atoms with Gasteiger partial charge in [0, 0.05) is 25.6 Å². The summed E-state index contributed by atoms with van der Waals surface area (Å²) in [5, 5.41) is 2.59. The monoisotopic (exact) mass is 594 g/mol. The summed E-state index contributed by atoms with van der Waals surface area (Å²) in [5.74, 6) is -2.30. The molecule has 5 rings (SSSR count). The predicted molar refractivity (Wildman–Crippen MR) is 151 cm³/mol. The molecule has 11 nitrogen and oxygen atoms in total. The number of halogens is 1. The zero-order chi connectivity index (χ0) is 30.0. The molecule has 2 heterocycles. The van der Waals surface area contributed by atoms with E-state index in [-0.39, 0.29) is 48.8 Å². The highest BCUT2D eigenvalue weighted by atomic mass is 32.2. The normalized spacial score (nSPS) is 16.5. The minimum Gasteiger partial charge on any atom is -0.442 e. The molecule has 0 saturated carbocycles. The van der Waals surface area contributed by atoms with E-state index in [1.807, 2.05) is 0 Å². The fourth-order valence-corrected chi connectivity index (χ4v) is 5.68. The van der Waals surface area contributed by atoms with Gasteiger partial charge in [-0.15, -0.1) is 0 Å². The van der Waals surface area contributed by atoms with Gasteiger partial charge in [-0.25, -0.2) is 22.3 Å². The van der Waals surface area contributed by atoms with Crippen LogP contribution >= 0.6 is 0 Å². The van der Waals surface area contributed by atoms with Crippen molar-refractivity contribution in [2.75, 3.05) is 30.3 Å². The Labute approximate surface area is 241 Å². The molecule has 13 heteroatoms. The standard InChI is InChI=1S/C29H27FN4O7S/c1-18(35)31-16-22-17-34(29(38)41-22)21-10-11-23(26(30)14-21)20-8-6-19(7-9-20)15-32-42(39,40)13-12-33-27(36)24-4-2-3-5-25(24)28(33)37/h2-11,14,22,32H,12-13,15-17H2,1H3,(H,31,35)/t22-/m0/s1. The lowest BCUT2D eigenvalue weighted by atomic mass is 10.0. The summed E-state index contributed by atoms with van der Waals surface area (Å²) in [7, 11) is -3.82. The zero-order valence-corrected chi connectivity index (χ0v) is 23.3. The van der Waals surface area contributed by atoms with E-state index >= 15 is 4.39 Å². The molecule has 1 atom stereocenters. The van der Waals surface area contributed by atoms with Gasteiger partial charge in [0.2, 0.25) is 15.9 Å². The molecule has 0 spiro atoms. The third kappa shape index (κ3) is 6.16. The van der Waals surface area contributed by atoms with Crippen molar-refractivity contribution in [2.24, 2.45) is 0 Å². The number of ether oxygens (including phenoxy) is 1. The average Bonchev–Trinajstić information content (AvgIpc) is 3.46. The molecule has 1 saturated heterocycles. The molecule has 218 valence electrons. The minimum atomic E-state index is -3.82. The first-order valence-electron chi connectivity index (χ1n) is 13.1. The van der Waals surface area contributed by atoms with E-state index in [2.05, 4.69) is 10.0 Å². The zero-order valence-electron chi connectivity index (χ0n) is 22.5. The lowest BCUT2D eigenvalue weighted by Gasteiger charge is -2.15. The molecule has 2 aliphatic rings. The first kappa shape index (κ1) is 28.9. The minimum absolute atomic E-state index is 0.0388. The smallest absolute Gasteiger partial charge is 0.414 e. The summed E-state index contributed by atoms with van der Waals surface area (Å²) >= 11 is 0. The predicted octanol–water partition coefficient (Wildman–Crippen LogP) is 2.67. The molecule has 0 unspecified atom stereocenters. The van der Waals surface area contributed by atoms with Crippen molar-refractivity contribution < 1.29 is 36.7 Å². The molecule has 0 radical (unpaired) electrons. The topological polar surface area (TPSA) is 142 Å². The summed E-state index contributed by atoms with van der Waals surface area (Å²) in [6.45, 7) is 1.37. The number of hydrogen-bond acceptors (Lipinski definition) is 7. The van der Waals surface area contributed by atoms with Gasteiger partial charge in [0.25, 0.3) is 11.8 Å². The van der Waals surface area contributed by atoms with Gasteiger partial charge in [0.05, 0.1) is 35.7 Å². The maximum atomic E-state index is 15.0. The summed E-state index contributed by atoms with van der Waals surface area (Å²) in [6.07, 6.45) is -1.18. The second-order valence-electron chi connectivity index (χ2n) is 9.86. The average molecular weight is 595 g/mol. The molecule has 0 aliphatic carbocycles. The maximum Gasteiger partial charge on any atom is 0.414 e. The fraction of sp³-hybridized carbons (Fsp3) is 0.241. The fourth-order valence-electron chi connectivity index (χ4n) is 4.72. The number of sulfonamides is 1. The van der Waals surface area contributed by atoms with Crippen molar-refractivity contribution in [1.82, 2.24) is 14.9 Å². The van der Waals surface area contributed by atoms with Crippen LogP contribution < -0.4 is 14.9 Å². The number of nitrogens with one attached hydrogen (secondary N) is 2. The van der Waals surface area contributed by atoms with Crippen molar-refractivity contribution in [2.45, 2.75) is 19.6 Å². The molecule has 3 aromatic carbocycles. The number of carbonyl (C=O) groups is 4. The second kappa shape index (κ2) is 11.7. The first-order chi connectivity index (χ1) is 20.0. The van der Waals surface area contributed by atoms with Gasteiger partial charge < -0.3 is 10.1 Å². The number of fused-ring (bicyclic) bond motifs is 1. The molecule has 2 aliphatic heterocycles. The number of anilines is 1. The van der Waals surface area contributed by atoms with Gasteiger partial charge in [-0.3, -0.25) is 24.2 Å². The van der Waals surface area contributed by atoms with Crippen LogP contribution in [-0.2, 0) is 26.1 Å². The van der Waals surface area contributed by atoms with Crippen LogP contribution in [0.5, 0.6) is 0 Å². The lowest BCUT2D eigenvalue weighted by Crippen LogP contribution is -2.37. The summed E-state index contributed by atoms with van der Waals surface area (Å²) in [4.78, 5) is 50.5. The van der Waals surface area contributed by atoms with Gasteiger partial charge >= 0.3 is 6.09 Å². The van der Waals surface area contributed by atoms with Gasteiger partial charge in [0.1, 0.15) is 11.9 Å². The van der Waals surface area contributed by atoms with Crippen LogP contribution in [0.1, 0.15) is 33.2 Å². The molecule has 2 N–H and O–H groups in total. The quantitative estimate of drug-likeness (QED) is 0.344. The highest BCUT2D eigenvalue weighted by molar-refractivity contribution is 7.89. The van der Waals surface area contributed by atoms with Crippen molar-refractivity contribution in [3.8, 4) is 11.1 Å². The Morgan fingerprint density at radius 3 is 2.26 bits per heavy atom. The maximum absolute atomic E-state index is 15.0. The third-order valence-corrected chi connectivity index (χ3v) is 8.24. The Hall–Kier alpha value is -4.62. The largest absolute Gasteiger partial charge is 0.442 e. The van der Waals surface area contributed by atoms with Gasteiger partial charge in [-0.1, -0.05) is 36.4 Å². The number of cyclic esters (lactones) is 1. The van der Waals surface area contributed by atoms with Crippen LogP contribution in [0.3, 0.4) is 0 Å². The number of nitrogens with zero attached hydrogens (tertiary/aromatic N) is 2. The van der Waals surface area contributed by atoms with E-state index in [4.69, 9.17) is 4.74 Å². The van der Waals surface area contributed by atoms with Crippen LogP contribution in [-0.4, -0.2) is 68.6 Å². The van der Waals surface area contributed by atoms with Crippen LogP contribution in [0.15, 0.2) is 66.7 Å². The van der Waals surface area contributed by atoms with Crippen molar-refractivity contribution in [1.29, 1.82) is 0 Å². The molecular formula is C29H27FN4O7S. The number of benzene rings is 3. The highest BCUT2D eigenvalue weighted by Gasteiger charge is 2.36. The molecule has 42 heavy (non-hydrogen) atoms. The Morgan fingerprint density at radius 1 is 0.976 bits per heavy atom. The van der Waals surface area contributed by atoms with Crippen LogP contribution in [0, 0.1) is 5.82 Å². The van der Waals surface area contributed by atoms with Crippen molar-refractivity contribution in [3.05, 3.63) is 89.2 Å². The SMILES string of the molecule is CC(=O)NC[C@H]1CN(c2ccc(-c3ccc(CNS(=O)(=O)CCN4C(=O)c5ccccc5C4=O)cc3)c(F)c2)C(=O)O1. The number of carbonyl (C=O) groups excluding carboxylic acids is 4. The number of hydrogen-bond donors (Lipinski definition) is 2. The molecule has 0 aromatic heterocycles. The second-order valence-corrected chi connectivity index (χ2v) is 11.8. The number of rotatable bonds is 10. The third-order valence-electron chi connectivity index (χ3n) is 6.94. The summed E-state index contributed by atoms with van der Waals surface area (Å²) in [5.41, 5.74) is 2.27. The van der Waals surface area contributed by atoms with E-state index in [0.29, 0.717) is 16.8 Å². The van der Waals surface area contributed by atoms with Gasteiger partial charge in [-0.05, 0) is 41.5 Å². The Morgan fingerprint density at radius 2 is 1.64 bits per heavy atom. The van der Waals surface area contributed by atoms with E-state index in [0.717, 1.165) is 4.90 Å². The lowest BCUT2D eigenvalue weighted by molar-refractivity contribution is -0.119. The van der Waals surface area contributed by atoms with Gasteiger partial charge in [-0.2, -0.15) is 0 Å². The first-order valence-corrected chi connectivity index (χ1v) is 14.7. The summed E-state index contributed by atoms with van der Waals surface area (Å²) < 4.78 is 47.9.